The van der Waals surface area contributed by atoms with Crippen molar-refractivity contribution < 1.29 is 23.8 Å². The highest BCUT2D eigenvalue weighted by Crippen LogP contribution is 2.28. The van der Waals surface area contributed by atoms with Crippen molar-refractivity contribution >= 4 is 11.9 Å². The maximum atomic E-state index is 11.0. The molecule has 1 heterocycles. The van der Waals surface area contributed by atoms with E-state index in [9.17, 15) is 9.59 Å². The van der Waals surface area contributed by atoms with Crippen LogP contribution in [0.4, 0.5) is 0 Å². The highest BCUT2D eigenvalue weighted by atomic mass is 16.6. The van der Waals surface area contributed by atoms with Gasteiger partial charge in [-0.05, 0) is 19.3 Å². The first-order chi connectivity index (χ1) is 8.52. The molecule has 1 aliphatic heterocycles. The molecule has 1 rings (SSSR count). The van der Waals surface area contributed by atoms with E-state index in [2.05, 4.69) is 6.92 Å². The number of hydrogen-bond acceptors (Lipinski definition) is 5. The lowest BCUT2D eigenvalue weighted by Crippen LogP contribution is -2.26. The maximum absolute atomic E-state index is 11.0. The van der Waals surface area contributed by atoms with Crippen molar-refractivity contribution in [2.75, 3.05) is 6.61 Å². The van der Waals surface area contributed by atoms with Gasteiger partial charge in [0.25, 0.3) is 0 Å². The van der Waals surface area contributed by atoms with E-state index in [0.717, 1.165) is 25.7 Å². The molecule has 0 aromatic carbocycles. The van der Waals surface area contributed by atoms with E-state index < -0.39 is 0 Å². The Kier molecular flexibility index (Phi) is 6.12. The molecule has 0 aliphatic carbocycles. The fourth-order valence-corrected chi connectivity index (χ4v) is 2.16. The molecule has 0 bridgehead atoms. The van der Waals surface area contributed by atoms with Gasteiger partial charge in [0, 0.05) is 20.3 Å². The molecule has 0 N–H and O–H groups in total. The molecular weight excluding hydrogens is 236 g/mol. The molecule has 1 aliphatic rings. The van der Waals surface area contributed by atoms with Crippen LogP contribution in [0.5, 0.6) is 0 Å². The summed E-state index contributed by atoms with van der Waals surface area (Å²) in [5.74, 6) is -0.546. The van der Waals surface area contributed by atoms with E-state index in [1.807, 2.05) is 0 Å². The van der Waals surface area contributed by atoms with Gasteiger partial charge >= 0.3 is 11.9 Å². The molecule has 0 aromatic heterocycles. The molecule has 0 saturated carbocycles. The Balaban J connectivity index is 2.35. The highest BCUT2D eigenvalue weighted by Gasteiger charge is 2.36. The molecule has 0 spiro atoms. The predicted molar refractivity (Wildman–Crippen MR) is 65.0 cm³/mol. The van der Waals surface area contributed by atoms with Crippen LogP contribution in [0.3, 0.4) is 0 Å². The van der Waals surface area contributed by atoms with Crippen LogP contribution < -0.4 is 0 Å². The Morgan fingerprint density at radius 2 is 2.00 bits per heavy atom. The number of rotatable bonds is 6. The van der Waals surface area contributed by atoms with Gasteiger partial charge in [-0.2, -0.15) is 0 Å². The van der Waals surface area contributed by atoms with Crippen LogP contribution in [0.1, 0.15) is 46.5 Å². The summed E-state index contributed by atoms with van der Waals surface area (Å²) in [6, 6.07) is 0. The molecular formula is C13H22O5. The third-order valence-electron chi connectivity index (χ3n) is 2.99. The van der Waals surface area contributed by atoms with Crippen molar-refractivity contribution in [2.24, 2.45) is 0 Å². The maximum Gasteiger partial charge on any atom is 0.302 e. The number of esters is 2. The van der Waals surface area contributed by atoms with Gasteiger partial charge in [-0.25, -0.2) is 0 Å². The standard InChI is InChI=1S/C13H22O5/c1-4-11-8-13(17-10(3)15)12(18-11)6-5-7-16-9(2)14/h11-13H,4-8H2,1-3H3/t11-,12+,13+/m0/s1. The minimum Gasteiger partial charge on any atom is -0.466 e. The molecule has 0 radical (unpaired) electrons. The summed E-state index contributed by atoms with van der Waals surface area (Å²) in [6.45, 7) is 5.24. The van der Waals surface area contributed by atoms with Crippen molar-refractivity contribution in [2.45, 2.75) is 64.8 Å². The second-order valence-corrected chi connectivity index (χ2v) is 4.57. The Morgan fingerprint density at radius 3 is 2.56 bits per heavy atom. The SMILES string of the molecule is CC[C@H]1C[C@@H](OC(C)=O)[C@@H](CCCOC(C)=O)O1. The molecule has 0 unspecified atom stereocenters. The van der Waals surface area contributed by atoms with Gasteiger partial charge in [-0.3, -0.25) is 9.59 Å². The third-order valence-corrected chi connectivity index (χ3v) is 2.99. The molecule has 5 nitrogen and oxygen atoms in total. The summed E-state index contributed by atoms with van der Waals surface area (Å²) in [4.78, 5) is 21.6. The van der Waals surface area contributed by atoms with E-state index in [1.165, 1.54) is 13.8 Å². The Labute approximate surface area is 108 Å². The topological polar surface area (TPSA) is 61.8 Å². The first-order valence-corrected chi connectivity index (χ1v) is 6.49. The summed E-state index contributed by atoms with van der Waals surface area (Å²) >= 11 is 0. The Bertz CT molecular complexity index is 289. The molecule has 0 aromatic rings. The number of carbonyl (C=O) groups is 2. The van der Waals surface area contributed by atoms with Crippen LogP contribution in [0.2, 0.25) is 0 Å². The quantitative estimate of drug-likeness (QED) is 0.537. The summed E-state index contributed by atoms with van der Waals surface area (Å²) < 4.78 is 15.9. The van der Waals surface area contributed by atoms with Gasteiger partial charge in [0.1, 0.15) is 6.10 Å². The van der Waals surface area contributed by atoms with Crippen LogP contribution in [0.25, 0.3) is 0 Å². The lowest BCUT2D eigenvalue weighted by Gasteiger charge is -2.18. The van der Waals surface area contributed by atoms with Crippen LogP contribution >= 0.6 is 0 Å². The molecule has 1 fully saturated rings. The number of carbonyl (C=O) groups excluding carboxylic acids is 2. The summed E-state index contributed by atoms with van der Waals surface area (Å²) in [7, 11) is 0. The third kappa shape index (κ3) is 5.04. The van der Waals surface area contributed by atoms with Gasteiger partial charge in [0.15, 0.2) is 0 Å². The highest BCUT2D eigenvalue weighted by molar-refractivity contribution is 5.66. The minimum atomic E-state index is -0.273. The Morgan fingerprint density at radius 1 is 1.28 bits per heavy atom. The molecule has 104 valence electrons. The second kappa shape index (κ2) is 7.36. The Hall–Kier alpha value is -1.10. The molecule has 1 saturated heterocycles. The van der Waals surface area contributed by atoms with Gasteiger partial charge in [0.05, 0.1) is 18.8 Å². The van der Waals surface area contributed by atoms with Crippen LogP contribution in [-0.4, -0.2) is 36.9 Å². The minimum absolute atomic E-state index is 0.0746. The molecule has 5 heteroatoms. The lowest BCUT2D eigenvalue weighted by atomic mass is 10.1. The molecule has 0 amide bonds. The van der Waals surface area contributed by atoms with E-state index in [-0.39, 0.29) is 30.3 Å². The van der Waals surface area contributed by atoms with Crippen molar-refractivity contribution in [3.63, 3.8) is 0 Å². The number of ether oxygens (including phenoxy) is 3. The van der Waals surface area contributed by atoms with Crippen molar-refractivity contribution in [1.29, 1.82) is 0 Å². The van der Waals surface area contributed by atoms with Crippen LogP contribution in [0.15, 0.2) is 0 Å². The van der Waals surface area contributed by atoms with E-state index in [4.69, 9.17) is 14.2 Å². The normalized spacial score (nSPS) is 26.9. The zero-order valence-electron chi connectivity index (χ0n) is 11.3. The fourth-order valence-electron chi connectivity index (χ4n) is 2.16. The average molecular weight is 258 g/mol. The molecule has 3 atom stereocenters. The smallest absolute Gasteiger partial charge is 0.302 e. The lowest BCUT2D eigenvalue weighted by molar-refractivity contribution is -0.149. The summed E-state index contributed by atoms with van der Waals surface area (Å²) in [5, 5.41) is 0. The molecule has 18 heavy (non-hydrogen) atoms. The number of hydrogen-bond donors (Lipinski definition) is 0. The van der Waals surface area contributed by atoms with Gasteiger partial charge < -0.3 is 14.2 Å². The fraction of sp³-hybridized carbons (Fsp3) is 0.846. The zero-order valence-corrected chi connectivity index (χ0v) is 11.3. The van der Waals surface area contributed by atoms with E-state index in [0.29, 0.717) is 6.61 Å². The van der Waals surface area contributed by atoms with Gasteiger partial charge in [-0.1, -0.05) is 6.92 Å². The van der Waals surface area contributed by atoms with Crippen molar-refractivity contribution in [3.8, 4) is 0 Å². The van der Waals surface area contributed by atoms with Gasteiger partial charge in [0.2, 0.25) is 0 Å². The van der Waals surface area contributed by atoms with Gasteiger partial charge in [-0.15, -0.1) is 0 Å². The average Bonchev–Trinajstić information content (AvgIpc) is 2.66. The van der Waals surface area contributed by atoms with E-state index in [1.54, 1.807) is 0 Å². The largest absolute Gasteiger partial charge is 0.466 e. The predicted octanol–water partition coefficient (Wildman–Crippen LogP) is 1.83. The second-order valence-electron chi connectivity index (χ2n) is 4.57. The van der Waals surface area contributed by atoms with Crippen molar-refractivity contribution in [1.82, 2.24) is 0 Å². The first-order valence-electron chi connectivity index (χ1n) is 6.49. The first kappa shape index (κ1) is 15.0. The summed E-state index contributed by atoms with van der Waals surface area (Å²) in [5.41, 5.74) is 0. The van der Waals surface area contributed by atoms with Crippen molar-refractivity contribution in [3.05, 3.63) is 0 Å². The zero-order chi connectivity index (χ0) is 13.5. The van der Waals surface area contributed by atoms with E-state index >= 15 is 0 Å². The summed E-state index contributed by atoms with van der Waals surface area (Å²) in [6.07, 6.45) is 3.06. The van der Waals surface area contributed by atoms with Crippen LogP contribution in [-0.2, 0) is 23.8 Å². The van der Waals surface area contributed by atoms with Crippen LogP contribution in [0, 0.1) is 0 Å². The monoisotopic (exact) mass is 258 g/mol.